The Kier molecular flexibility index (Phi) is 4.69. The first-order valence-corrected chi connectivity index (χ1v) is 6.29. The third-order valence-corrected chi connectivity index (χ3v) is 3.15. The molecule has 0 aromatic heterocycles. The van der Waals surface area contributed by atoms with Crippen molar-refractivity contribution < 1.29 is 19.4 Å². The molecule has 0 saturated carbocycles. The molecule has 12 heteroatoms. The van der Waals surface area contributed by atoms with E-state index in [9.17, 15) is 25.0 Å². The number of hydrogen-bond donors (Lipinski definition) is 1. The molecule has 1 aliphatic heterocycles. The number of non-ortho nitro benzene ring substituents is 2. The van der Waals surface area contributed by atoms with Gasteiger partial charge in [0.05, 0.1) is 46.8 Å². The van der Waals surface area contributed by atoms with Gasteiger partial charge in [-0.25, -0.2) is 0 Å². The molecule has 1 aromatic carbocycles. The predicted molar refractivity (Wildman–Crippen MR) is 74.8 cm³/mol. The number of azide groups is 1. The van der Waals surface area contributed by atoms with Gasteiger partial charge in [-0.1, -0.05) is 5.11 Å². The second-order valence-corrected chi connectivity index (χ2v) is 4.64. The summed E-state index contributed by atoms with van der Waals surface area (Å²) in [6, 6.07) is 1.40. The van der Waals surface area contributed by atoms with Gasteiger partial charge in [0.1, 0.15) is 0 Å². The highest BCUT2D eigenvalue weighted by molar-refractivity contribution is 5.95. The molecular formula is C11H10N6O6. The van der Waals surface area contributed by atoms with Gasteiger partial charge in [0.15, 0.2) is 0 Å². The number of carbonyl (C=O) groups excluding carboxylic acids is 1. The molecule has 0 aliphatic carbocycles. The summed E-state index contributed by atoms with van der Waals surface area (Å²) in [5, 5.41) is 27.6. The lowest BCUT2D eigenvalue weighted by atomic mass is 10.1. The molecule has 0 spiro atoms. The maximum atomic E-state index is 12.2. The molecule has 2 atom stereocenters. The van der Waals surface area contributed by atoms with Crippen molar-refractivity contribution in [2.45, 2.75) is 12.1 Å². The minimum Gasteiger partial charge on any atom is -0.379 e. The molecule has 120 valence electrons. The van der Waals surface area contributed by atoms with Gasteiger partial charge in [-0.15, -0.1) is 0 Å². The van der Waals surface area contributed by atoms with Crippen LogP contribution >= 0.6 is 0 Å². The fourth-order valence-corrected chi connectivity index (χ4v) is 2.05. The number of benzene rings is 1. The van der Waals surface area contributed by atoms with E-state index in [1.165, 1.54) is 0 Å². The number of nitrogens with zero attached hydrogens (tertiary/aromatic N) is 5. The quantitative estimate of drug-likeness (QED) is 0.281. The zero-order valence-corrected chi connectivity index (χ0v) is 11.5. The van der Waals surface area contributed by atoms with Gasteiger partial charge in [-0.3, -0.25) is 25.0 Å². The third kappa shape index (κ3) is 3.70. The highest BCUT2D eigenvalue weighted by Gasteiger charge is 2.30. The van der Waals surface area contributed by atoms with E-state index in [4.69, 9.17) is 10.3 Å². The van der Waals surface area contributed by atoms with Gasteiger partial charge < -0.3 is 10.1 Å². The van der Waals surface area contributed by atoms with E-state index in [1.54, 1.807) is 0 Å². The molecule has 1 heterocycles. The normalized spacial score (nSPS) is 19.7. The Morgan fingerprint density at radius 3 is 2.39 bits per heavy atom. The summed E-state index contributed by atoms with van der Waals surface area (Å²) < 4.78 is 5.09. The molecule has 2 rings (SSSR count). The summed E-state index contributed by atoms with van der Waals surface area (Å²) in [6.07, 6.45) is 0. The number of nitro groups is 2. The van der Waals surface area contributed by atoms with Gasteiger partial charge in [-0.05, 0) is 5.53 Å². The number of carbonyl (C=O) groups is 1. The second kappa shape index (κ2) is 6.68. The fraction of sp³-hybridized carbons (Fsp3) is 0.364. The molecule has 1 aromatic rings. The zero-order chi connectivity index (χ0) is 17.0. The Bertz CT molecular complexity index is 683. The van der Waals surface area contributed by atoms with Crippen LogP contribution in [0.25, 0.3) is 10.4 Å². The van der Waals surface area contributed by atoms with E-state index in [1.807, 2.05) is 0 Å². The summed E-state index contributed by atoms with van der Waals surface area (Å²) in [4.78, 5) is 34.8. The maximum Gasteiger partial charge on any atom is 0.277 e. The lowest BCUT2D eigenvalue weighted by Gasteiger charge is -2.14. The Balaban J connectivity index is 2.26. The zero-order valence-electron chi connectivity index (χ0n) is 11.5. The van der Waals surface area contributed by atoms with Crippen LogP contribution in [0.15, 0.2) is 23.3 Å². The smallest absolute Gasteiger partial charge is 0.277 e. The second-order valence-electron chi connectivity index (χ2n) is 4.64. The highest BCUT2D eigenvalue weighted by atomic mass is 16.6. The summed E-state index contributed by atoms with van der Waals surface area (Å²) in [6.45, 7) is 0.233. The average molecular weight is 322 g/mol. The van der Waals surface area contributed by atoms with E-state index >= 15 is 0 Å². The summed E-state index contributed by atoms with van der Waals surface area (Å²) in [5.41, 5.74) is 7.05. The van der Waals surface area contributed by atoms with Crippen LogP contribution in [-0.2, 0) is 4.74 Å². The SMILES string of the molecule is [N-]=[N+]=N[C@H]1COC[C@@H]1NC(=O)c1cc([N+](=O)[O-])cc([N+](=O)[O-])c1. The van der Waals surface area contributed by atoms with Gasteiger partial charge in [-0.2, -0.15) is 0 Å². The average Bonchev–Trinajstić information content (AvgIpc) is 2.94. The van der Waals surface area contributed by atoms with E-state index in [0.717, 1.165) is 18.2 Å². The molecule has 1 aliphatic rings. The number of ether oxygens (including phenoxy) is 1. The molecule has 0 unspecified atom stereocenters. The third-order valence-electron chi connectivity index (χ3n) is 3.15. The van der Waals surface area contributed by atoms with Crippen LogP contribution in [0.4, 0.5) is 11.4 Å². The fourth-order valence-electron chi connectivity index (χ4n) is 2.05. The Morgan fingerprint density at radius 1 is 1.26 bits per heavy atom. The van der Waals surface area contributed by atoms with Crippen LogP contribution in [0, 0.1) is 20.2 Å². The van der Waals surface area contributed by atoms with Crippen LogP contribution in [0.1, 0.15) is 10.4 Å². The first kappa shape index (κ1) is 16.1. The van der Waals surface area contributed by atoms with E-state index in [2.05, 4.69) is 15.3 Å². The van der Waals surface area contributed by atoms with Crippen molar-refractivity contribution in [3.8, 4) is 0 Å². The monoisotopic (exact) mass is 322 g/mol. The van der Waals surface area contributed by atoms with Gasteiger partial charge in [0.2, 0.25) is 0 Å². The highest BCUT2D eigenvalue weighted by Crippen LogP contribution is 2.23. The predicted octanol–water partition coefficient (Wildman–Crippen LogP) is 1.31. The molecule has 1 amide bonds. The lowest BCUT2D eigenvalue weighted by Crippen LogP contribution is -2.41. The first-order valence-electron chi connectivity index (χ1n) is 6.29. The topological polar surface area (TPSA) is 173 Å². The van der Waals surface area contributed by atoms with Crippen LogP contribution in [0.5, 0.6) is 0 Å². The van der Waals surface area contributed by atoms with Crippen LogP contribution < -0.4 is 5.32 Å². The van der Waals surface area contributed by atoms with Crippen LogP contribution in [-0.4, -0.2) is 41.1 Å². The van der Waals surface area contributed by atoms with E-state index < -0.39 is 39.2 Å². The molecular weight excluding hydrogens is 312 g/mol. The van der Waals surface area contributed by atoms with Crippen LogP contribution in [0.2, 0.25) is 0 Å². The minimum atomic E-state index is -0.828. The molecule has 12 nitrogen and oxygen atoms in total. The summed E-state index contributed by atoms with van der Waals surface area (Å²) in [5.74, 6) is -0.759. The summed E-state index contributed by atoms with van der Waals surface area (Å²) in [7, 11) is 0. The number of nitrogens with one attached hydrogen (secondary N) is 1. The standard InChI is InChI=1S/C11H10N6O6/c12-15-14-10-5-23-4-9(10)13-11(18)6-1-7(16(19)20)3-8(2-6)17(21)22/h1-3,9-10H,4-5H2,(H,13,18)/t9-,10-/m0/s1. The number of amides is 1. The molecule has 1 fully saturated rings. The summed E-state index contributed by atoms with van der Waals surface area (Å²) >= 11 is 0. The van der Waals surface area contributed by atoms with Crippen molar-refractivity contribution in [2.24, 2.45) is 5.11 Å². The van der Waals surface area contributed by atoms with Crippen molar-refractivity contribution in [1.82, 2.24) is 5.32 Å². The number of rotatable bonds is 5. The minimum absolute atomic E-state index is 0.104. The lowest BCUT2D eigenvalue weighted by molar-refractivity contribution is -0.394. The van der Waals surface area contributed by atoms with Crippen molar-refractivity contribution in [3.05, 3.63) is 54.4 Å². The number of nitro benzene ring substituents is 2. The van der Waals surface area contributed by atoms with Gasteiger partial charge in [0, 0.05) is 17.0 Å². The van der Waals surface area contributed by atoms with Crippen molar-refractivity contribution in [1.29, 1.82) is 0 Å². The Morgan fingerprint density at radius 2 is 1.87 bits per heavy atom. The Labute approximate surface area is 128 Å². The van der Waals surface area contributed by atoms with Crippen molar-refractivity contribution >= 4 is 17.3 Å². The van der Waals surface area contributed by atoms with Crippen LogP contribution in [0.3, 0.4) is 0 Å². The van der Waals surface area contributed by atoms with Crippen molar-refractivity contribution in [3.63, 3.8) is 0 Å². The van der Waals surface area contributed by atoms with Gasteiger partial charge >= 0.3 is 0 Å². The Hall–Kier alpha value is -3.24. The van der Waals surface area contributed by atoms with Crippen molar-refractivity contribution in [2.75, 3.05) is 13.2 Å². The van der Waals surface area contributed by atoms with E-state index in [-0.39, 0.29) is 18.8 Å². The number of hydrogen-bond acceptors (Lipinski definition) is 7. The molecule has 1 saturated heterocycles. The largest absolute Gasteiger partial charge is 0.379 e. The molecule has 0 radical (unpaired) electrons. The molecule has 1 N–H and O–H groups in total. The van der Waals surface area contributed by atoms with Gasteiger partial charge in [0.25, 0.3) is 17.3 Å². The first-order chi connectivity index (χ1) is 10.9. The maximum absolute atomic E-state index is 12.2. The molecule has 0 bridgehead atoms. The van der Waals surface area contributed by atoms with E-state index in [0.29, 0.717) is 0 Å². The molecule has 23 heavy (non-hydrogen) atoms.